The molecule has 0 aromatic heterocycles. The van der Waals surface area contributed by atoms with E-state index in [-0.39, 0.29) is 12.7 Å². The Balaban J connectivity index is 2.72. The van der Waals surface area contributed by atoms with Crippen LogP contribution in [0.4, 0.5) is 9.59 Å². The molecule has 1 aromatic rings. The van der Waals surface area contributed by atoms with Crippen LogP contribution in [0, 0.1) is 0 Å². The summed E-state index contributed by atoms with van der Waals surface area (Å²) in [6.07, 6.45) is -1.17. The van der Waals surface area contributed by atoms with Gasteiger partial charge in [0, 0.05) is 13.6 Å². The molecule has 0 heterocycles. The molecule has 134 valence electrons. The number of nitrogens with zero attached hydrogens (tertiary/aromatic N) is 2. The lowest BCUT2D eigenvalue weighted by molar-refractivity contribution is 0.133. The highest BCUT2D eigenvalue weighted by Gasteiger charge is 2.22. The quantitative estimate of drug-likeness (QED) is 0.689. The van der Waals surface area contributed by atoms with Crippen molar-refractivity contribution < 1.29 is 23.8 Å². The monoisotopic (exact) mass is 356 g/mol. The molecule has 0 radical (unpaired) electrons. The zero-order valence-electron chi connectivity index (χ0n) is 14.6. The molecule has 0 aliphatic rings. The van der Waals surface area contributed by atoms with Crippen LogP contribution < -0.4 is 9.47 Å². The topological polar surface area (TPSA) is 68.3 Å². The normalized spacial score (nSPS) is 10.2. The second-order valence-corrected chi connectivity index (χ2v) is 6.11. The first-order chi connectivity index (χ1) is 11.4. The molecule has 1 aromatic carbocycles. The lowest BCUT2D eigenvalue weighted by Gasteiger charge is -2.23. The Labute approximate surface area is 147 Å². The molecule has 0 saturated heterocycles. The molecular formula is C16H24N2O5S. The van der Waals surface area contributed by atoms with Crippen LogP contribution in [0.3, 0.4) is 0 Å². The predicted octanol–water partition coefficient (Wildman–Crippen LogP) is 3.95. The van der Waals surface area contributed by atoms with E-state index in [2.05, 4.69) is 0 Å². The molecule has 0 aliphatic carbocycles. The van der Waals surface area contributed by atoms with Crippen LogP contribution in [0.1, 0.15) is 27.7 Å². The summed E-state index contributed by atoms with van der Waals surface area (Å²) in [5.41, 5.74) is 0. The summed E-state index contributed by atoms with van der Waals surface area (Å²) in [6.45, 7) is 7.94. The van der Waals surface area contributed by atoms with Gasteiger partial charge in [0.05, 0.1) is 24.8 Å². The third-order valence-electron chi connectivity index (χ3n) is 2.65. The number of amides is 2. The maximum absolute atomic E-state index is 12.2. The van der Waals surface area contributed by atoms with E-state index < -0.39 is 12.2 Å². The second-order valence-electron chi connectivity index (χ2n) is 4.95. The van der Waals surface area contributed by atoms with Crippen molar-refractivity contribution in [1.29, 1.82) is 0 Å². The Hall–Kier alpha value is -2.09. The summed E-state index contributed by atoms with van der Waals surface area (Å²) in [4.78, 5) is 24.0. The van der Waals surface area contributed by atoms with Crippen LogP contribution in [0.25, 0.3) is 0 Å². The molecule has 24 heavy (non-hydrogen) atoms. The molecule has 0 fully saturated rings. The van der Waals surface area contributed by atoms with Crippen molar-refractivity contribution in [3.05, 3.63) is 24.3 Å². The van der Waals surface area contributed by atoms with Gasteiger partial charge in [0.2, 0.25) is 0 Å². The fraction of sp³-hybridized carbons (Fsp3) is 0.500. The second kappa shape index (κ2) is 9.92. The van der Waals surface area contributed by atoms with Crippen molar-refractivity contribution >= 4 is 24.3 Å². The first-order valence-electron chi connectivity index (χ1n) is 7.72. The van der Waals surface area contributed by atoms with E-state index in [9.17, 15) is 9.59 Å². The van der Waals surface area contributed by atoms with E-state index in [1.54, 1.807) is 38.1 Å². The predicted molar refractivity (Wildman–Crippen MR) is 93.0 cm³/mol. The molecule has 0 bridgehead atoms. The Morgan fingerprint density at radius 2 is 1.75 bits per heavy atom. The summed E-state index contributed by atoms with van der Waals surface area (Å²) >= 11 is 0.917. The largest absolute Gasteiger partial charge is 0.487 e. The van der Waals surface area contributed by atoms with Crippen LogP contribution >= 0.6 is 12.1 Å². The average Bonchev–Trinajstić information content (AvgIpc) is 2.53. The zero-order valence-corrected chi connectivity index (χ0v) is 15.5. The zero-order chi connectivity index (χ0) is 18.1. The highest BCUT2D eigenvalue weighted by molar-refractivity contribution is 7.95. The maximum atomic E-state index is 12.2. The van der Waals surface area contributed by atoms with Crippen molar-refractivity contribution in [3.63, 3.8) is 0 Å². The molecule has 0 aliphatic heterocycles. The van der Waals surface area contributed by atoms with Gasteiger partial charge in [0.25, 0.3) is 0 Å². The molecule has 0 spiro atoms. The number of rotatable bonds is 7. The third-order valence-corrected chi connectivity index (χ3v) is 3.64. The fourth-order valence-electron chi connectivity index (χ4n) is 1.64. The Bertz CT molecular complexity index is 553. The van der Waals surface area contributed by atoms with Crippen molar-refractivity contribution in [2.45, 2.75) is 33.8 Å². The van der Waals surface area contributed by atoms with Crippen LogP contribution in [0.15, 0.2) is 24.3 Å². The van der Waals surface area contributed by atoms with E-state index in [0.29, 0.717) is 18.0 Å². The van der Waals surface area contributed by atoms with E-state index in [4.69, 9.17) is 14.2 Å². The van der Waals surface area contributed by atoms with E-state index in [1.165, 1.54) is 15.7 Å². The highest BCUT2D eigenvalue weighted by atomic mass is 32.2. The Kier molecular flexibility index (Phi) is 8.25. The maximum Gasteiger partial charge on any atom is 0.426 e. The number of ether oxygens (including phenoxy) is 3. The minimum atomic E-state index is -0.623. The van der Waals surface area contributed by atoms with Crippen molar-refractivity contribution in [2.75, 3.05) is 20.2 Å². The van der Waals surface area contributed by atoms with Crippen LogP contribution in [-0.4, -0.2) is 47.1 Å². The molecule has 1 rings (SSSR count). The molecule has 0 saturated carbocycles. The van der Waals surface area contributed by atoms with Crippen molar-refractivity contribution in [3.8, 4) is 11.5 Å². The van der Waals surface area contributed by atoms with Gasteiger partial charge in [-0.05, 0) is 39.8 Å². The number of para-hydroxylation sites is 2. The number of benzene rings is 1. The number of carbonyl (C=O) groups is 2. The third kappa shape index (κ3) is 6.19. The van der Waals surface area contributed by atoms with E-state index in [0.717, 1.165) is 12.1 Å². The number of hydrogen-bond donors (Lipinski definition) is 0. The molecule has 8 heteroatoms. The fourth-order valence-corrected chi connectivity index (χ4v) is 2.28. The lowest BCUT2D eigenvalue weighted by Crippen LogP contribution is -2.33. The first kappa shape index (κ1) is 20.0. The van der Waals surface area contributed by atoms with Gasteiger partial charge in [0.1, 0.15) is 0 Å². The Morgan fingerprint density at radius 1 is 1.12 bits per heavy atom. The van der Waals surface area contributed by atoms with Crippen molar-refractivity contribution in [2.24, 2.45) is 0 Å². The van der Waals surface area contributed by atoms with Crippen LogP contribution in [-0.2, 0) is 4.74 Å². The van der Waals surface area contributed by atoms with E-state index >= 15 is 0 Å². The summed E-state index contributed by atoms with van der Waals surface area (Å²) in [5.74, 6) is 0.805. The Morgan fingerprint density at radius 3 is 2.29 bits per heavy atom. The van der Waals surface area contributed by atoms with Gasteiger partial charge >= 0.3 is 12.2 Å². The van der Waals surface area contributed by atoms with Gasteiger partial charge in [-0.15, -0.1) is 0 Å². The summed E-state index contributed by atoms with van der Waals surface area (Å²) < 4.78 is 18.4. The van der Waals surface area contributed by atoms with E-state index in [1.807, 2.05) is 13.8 Å². The van der Waals surface area contributed by atoms with Gasteiger partial charge in [0.15, 0.2) is 11.5 Å². The minimum Gasteiger partial charge on any atom is -0.487 e. The molecule has 0 atom stereocenters. The summed E-state index contributed by atoms with van der Waals surface area (Å²) in [7, 11) is 1.51. The van der Waals surface area contributed by atoms with Gasteiger partial charge in [-0.2, -0.15) is 0 Å². The highest BCUT2D eigenvalue weighted by Crippen LogP contribution is 2.28. The number of carbonyl (C=O) groups excluding carboxylic acids is 2. The molecule has 7 nitrogen and oxygen atoms in total. The smallest absolute Gasteiger partial charge is 0.426 e. The van der Waals surface area contributed by atoms with Gasteiger partial charge in [-0.25, -0.2) is 18.2 Å². The van der Waals surface area contributed by atoms with Gasteiger partial charge in [-0.3, -0.25) is 0 Å². The van der Waals surface area contributed by atoms with Crippen LogP contribution in [0.5, 0.6) is 11.5 Å². The first-order valence-corrected chi connectivity index (χ1v) is 8.45. The van der Waals surface area contributed by atoms with Crippen molar-refractivity contribution in [1.82, 2.24) is 8.61 Å². The number of hydrogen-bond acceptors (Lipinski definition) is 6. The molecule has 0 unspecified atom stereocenters. The molecule has 0 N–H and O–H groups in total. The molecular weight excluding hydrogens is 332 g/mol. The minimum absolute atomic E-state index is 0.0450. The SMILES string of the molecule is CCOC(=O)N(CC)SN(C)C(=O)Oc1ccccc1OC(C)C. The summed E-state index contributed by atoms with van der Waals surface area (Å²) in [6, 6.07) is 6.93. The van der Waals surface area contributed by atoms with Gasteiger partial charge in [-0.1, -0.05) is 12.1 Å². The lowest BCUT2D eigenvalue weighted by atomic mass is 10.3. The van der Waals surface area contributed by atoms with Gasteiger partial charge < -0.3 is 14.2 Å². The standard InChI is InChI=1S/C16H24N2O5S/c1-6-18(16(20)21-7-2)24-17(5)15(19)23-14-11-9-8-10-13(14)22-12(3)4/h8-12H,6-7H2,1-5H3. The molecule has 2 amide bonds. The summed E-state index contributed by atoms with van der Waals surface area (Å²) in [5, 5.41) is 0. The average molecular weight is 356 g/mol. The van der Waals surface area contributed by atoms with Crippen LogP contribution in [0.2, 0.25) is 0 Å².